The van der Waals surface area contributed by atoms with Crippen molar-refractivity contribution in [3.63, 3.8) is 0 Å². The Kier molecular flexibility index (Phi) is 4.47. The number of rotatable bonds is 3. The van der Waals surface area contributed by atoms with E-state index in [1.807, 2.05) is 0 Å². The number of nitrogens with one attached hydrogen (secondary N) is 1. The second kappa shape index (κ2) is 6.13. The van der Waals surface area contributed by atoms with Crippen LogP contribution in [0.15, 0.2) is 30.3 Å². The van der Waals surface area contributed by atoms with Crippen molar-refractivity contribution in [2.75, 3.05) is 0 Å². The smallest absolute Gasteiger partial charge is 0.251 e. The summed E-state index contributed by atoms with van der Waals surface area (Å²) in [6.07, 6.45) is 0. The summed E-state index contributed by atoms with van der Waals surface area (Å²) >= 11 is 5.58. The molecule has 0 saturated heterocycles. The van der Waals surface area contributed by atoms with Crippen LogP contribution >= 0.6 is 11.6 Å². The van der Waals surface area contributed by atoms with E-state index in [0.29, 0.717) is 17.7 Å². The first kappa shape index (κ1) is 15.3. The molecule has 7 heteroatoms. The second-order valence-electron chi connectivity index (χ2n) is 4.19. The van der Waals surface area contributed by atoms with E-state index < -0.39 is 29.2 Å². The summed E-state index contributed by atoms with van der Waals surface area (Å²) in [5.41, 5.74) is 0.136. The van der Waals surface area contributed by atoms with Gasteiger partial charge in [0.05, 0.1) is 5.02 Å². The molecule has 110 valence electrons. The minimum Gasteiger partial charge on any atom is -0.348 e. The largest absolute Gasteiger partial charge is 0.348 e. The first-order valence-corrected chi connectivity index (χ1v) is 6.13. The van der Waals surface area contributed by atoms with Crippen molar-refractivity contribution in [1.82, 2.24) is 5.32 Å². The molecule has 2 rings (SSSR count). The quantitative estimate of drug-likeness (QED) is 0.676. The van der Waals surface area contributed by atoms with Gasteiger partial charge in [-0.2, -0.15) is 0 Å². The monoisotopic (exact) mass is 317 g/mol. The van der Waals surface area contributed by atoms with Crippen LogP contribution in [0.2, 0.25) is 5.02 Å². The fourth-order valence-corrected chi connectivity index (χ4v) is 1.82. The molecule has 0 bridgehead atoms. The number of carbonyl (C=O) groups excluding carboxylic acids is 1. The Morgan fingerprint density at radius 3 is 2.19 bits per heavy atom. The molecule has 2 nitrogen and oxygen atoms in total. The Hall–Kier alpha value is -2.08. The molecular weight excluding hydrogens is 310 g/mol. The number of hydrogen-bond acceptors (Lipinski definition) is 1. The Morgan fingerprint density at radius 1 is 1.00 bits per heavy atom. The van der Waals surface area contributed by atoms with Crippen molar-refractivity contribution < 1.29 is 22.4 Å². The average Bonchev–Trinajstić information content (AvgIpc) is 2.45. The molecule has 0 aliphatic rings. The molecule has 0 aliphatic carbocycles. The van der Waals surface area contributed by atoms with Gasteiger partial charge in [0.25, 0.3) is 5.91 Å². The molecule has 0 atom stereocenters. The Labute approximate surface area is 122 Å². The third-order valence-electron chi connectivity index (χ3n) is 2.68. The van der Waals surface area contributed by atoms with Gasteiger partial charge < -0.3 is 5.32 Å². The molecule has 0 unspecified atom stereocenters. The van der Waals surface area contributed by atoms with Gasteiger partial charge in [0.2, 0.25) is 0 Å². The molecule has 0 saturated carbocycles. The predicted octanol–water partition coefficient (Wildman–Crippen LogP) is 3.83. The Bertz CT molecular complexity index is 682. The fourth-order valence-electron chi connectivity index (χ4n) is 1.62. The van der Waals surface area contributed by atoms with E-state index in [1.54, 1.807) is 0 Å². The molecule has 0 radical (unpaired) electrons. The summed E-state index contributed by atoms with van der Waals surface area (Å²) in [7, 11) is 0. The third kappa shape index (κ3) is 3.52. The van der Waals surface area contributed by atoms with Gasteiger partial charge in [-0.1, -0.05) is 17.7 Å². The number of benzene rings is 2. The maximum absolute atomic E-state index is 13.0. The van der Waals surface area contributed by atoms with E-state index in [9.17, 15) is 22.4 Å². The molecular formula is C14H8ClF4NO. The standard InChI is InChI=1S/C14H8ClF4NO/c15-9-3-7(1-2-10(9)16)6-20-14(21)8-4-11(17)13(19)12(18)5-8/h1-5H,6H2,(H,20,21). The highest BCUT2D eigenvalue weighted by Crippen LogP contribution is 2.16. The summed E-state index contributed by atoms with van der Waals surface area (Å²) in [5.74, 6) is -5.95. The van der Waals surface area contributed by atoms with Crippen molar-refractivity contribution in [2.45, 2.75) is 6.54 Å². The van der Waals surface area contributed by atoms with E-state index in [1.165, 1.54) is 12.1 Å². The normalized spacial score (nSPS) is 10.5. The van der Waals surface area contributed by atoms with Gasteiger partial charge in [0.15, 0.2) is 17.5 Å². The number of carbonyl (C=O) groups is 1. The summed E-state index contributed by atoms with van der Waals surface area (Å²) in [6.45, 7) is -0.0283. The topological polar surface area (TPSA) is 29.1 Å². The lowest BCUT2D eigenvalue weighted by molar-refractivity contribution is 0.0949. The average molecular weight is 318 g/mol. The molecule has 21 heavy (non-hydrogen) atoms. The number of amides is 1. The van der Waals surface area contributed by atoms with Gasteiger partial charge in [0.1, 0.15) is 5.82 Å². The number of hydrogen-bond donors (Lipinski definition) is 1. The maximum atomic E-state index is 13.0. The summed E-state index contributed by atoms with van der Waals surface area (Å²) < 4.78 is 51.7. The van der Waals surface area contributed by atoms with E-state index >= 15 is 0 Å². The first-order chi connectivity index (χ1) is 9.88. The molecule has 1 N–H and O–H groups in total. The van der Waals surface area contributed by atoms with Crippen LogP contribution in [0.25, 0.3) is 0 Å². The minimum atomic E-state index is -1.64. The predicted molar refractivity (Wildman–Crippen MR) is 68.9 cm³/mol. The van der Waals surface area contributed by atoms with Crippen molar-refractivity contribution in [3.8, 4) is 0 Å². The Balaban J connectivity index is 2.10. The lowest BCUT2D eigenvalue weighted by Crippen LogP contribution is -2.23. The third-order valence-corrected chi connectivity index (χ3v) is 2.97. The highest BCUT2D eigenvalue weighted by Gasteiger charge is 2.15. The van der Waals surface area contributed by atoms with Gasteiger partial charge in [-0.05, 0) is 29.8 Å². The van der Waals surface area contributed by atoms with Crippen LogP contribution in [0, 0.1) is 23.3 Å². The molecule has 0 fully saturated rings. The molecule has 1 amide bonds. The van der Waals surface area contributed by atoms with Gasteiger partial charge >= 0.3 is 0 Å². The Morgan fingerprint density at radius 2 is 1.62 bits per heavy atom. The molecule has 2 aromatic carbocycles. The van der Waals surface area contributed by atoms with Crippen LogP contribution < -0.4 is 5.32 Å². The summed E-state index contributed by atoms with van der Waals surface area (Å²) in [6, 6.07) is 5.01. The lowest BCUT2D eigenvalue weighted by Gasteiger charge is -2.07. The van der Waals surface area contributed by atoms with Gasteiger partial charge in [0, 0.05) is 12.1 Å². The highest BCUT2D eigenvalue weighted by molar-refractivity contribution is 6.30. The molecule has 0 aromatic heterocycles. The van der Waals surface area contributed by atoms with Crippen LogP contribution in [-0.2, 0) is 6.54 Å². The van der Waals surface area contributed by atoms with E-state index in [4.69, 9.17) is 11.6 Å². The van der Waals surface area contributed by atoms with Crippen molar-refractivity contribution in [3.05, 3.63) is 69.8 Å². The van der Waals surface area contributed by atoms with E-state index in [0.717, 1.165) is 6.07 Å². The van der Waals surface area contributed by atoms with Crippen LogP contribution in [0.4, 0.5) is 17.6 Å². The zero-order valence-electron chi connectivity index (χ0n) is 10.4. The molecule has 2 aromatic rings. The zero-order chi connectivity index (χ0) is 15.6. The minimum absolute atomic E-state index is 0.0283. The second-order valence-corrected chi connectivity index (χ2v) is 4.59. The summed E-state index contributed by atoms with van der Waals surface area (Å²) in [5, 5.41) is 2.25. The zero-order valence-corrected chi connectivity index (χ0v) is 11.1. The maximum Gasteiger partial charge on any atom is 0.251 e. The number of halogens is 5. The van der Waals surface area contributed by atoms with E-state index in [2.05, 4.69) is 5.32 Å². The summed E-state index contributed by atoms with van der Waals surface area (Å²) in [4.78, 5) is 11.7. The van der Waals surface area contributed by atoms with Crippen molar-refractivity contribution in [1.29, 1.82) is 0 Å². The molecule has 0 heterocycles. The first-order valence-electron chi connectivity index (χ1n) is 5.75. The van der Waals surface area contributed by atoms with Crippen LogP contribution in [0.1, 0.15) is 15.9 Å². The molecule has 0 spiro atoms. The SMILES string of the molecule is O=C(NCc1ccc(F)c(Cl)c1)c1cc(F)c(F)c(F)c1. The highest BCUT2D eigenvalue weighted by atomic mass is 35.5. The van der Waals surface area contributed by atoms with Gasteiger partial charge in [-0.3, -0.25) is 4.79 Å². The van der Waals surface area contributed by atoms with Crippen molar-refractivity contribution in [2.24, 2.45) is 0 Å². The fraction of sp³-hybridized carbons (Fsp3) is 0.0714. The van der Waals surface area contributed by atoms with Crippen molar-refractivity contribution >= 4 is 17.5 Å². The van der Waals surface area contributed by atoms with Gasteiger partial charge in [-0.25, -0.2) is 17.6 Å². The lowest BCUT2D eigenvalue weighted by atomic mass is 10.1. The van der Waals surface area contributed by atoms with Crippen LogP contribution in [0.3, 0.4) is 0 Å². The van der Waals surface area contributed by atoms with Crippen LogP contribution in [-0.4, -0.2) is 5.91 Å². The molecule has 0 aliphatic heterocycles. The van der Waals surface area contributed by atoms with Crippen LogP contribution in [0.5, 0.6) is 0 Å². The van der Waals surface area contributed by atoms with E-state index in [-0.39, 0.29) is 17.1 Å². The van der Waals surface area contributed by atoms with Gasteiger partial charge in [-0.15, -0.1) is 0 Å².